The molecule has 3 atom stereocenters. The Morgan fingerprint density at radius 3 is 2.43 bits per heavy atom. The molecule has 82 valence electrons. The Bertz CT molecular complexity index is 186. The van der Waals surface area contributed by atoms with Crippen LogP contribution in [0.2, 0.25) is 0 Å². The maximum Gasteiger partial charge on any atom is 0.0570 e. The number of fused-ring (bicyclic) bond motifs is 2. The topological polar surface area (TPSA) is 23.5 Å². The Kier molecular flexibility index (Phi) is 3.35. The molecule has 2 rings (SSSR count). The SMILES string of the molecule is CC(CCl)CN1C2CCC1CC(O)C2. The van der Waals surface area contributed by atoms with E-state index < -0.39 is 0 Å². The van der Waals surface area contributed by atoms with Gasteiger partial charge in [0, 0.05) is 24.5 Å². The molecule has 1 N–H and O–H groups in total. The van der Waals surface area contributed by atoms with Crippen LogP contribution in [0, 0.1) is 5.92 Å². The third-order valence-electron chi connectivity index (χ3n) is 3.65. The molecular weight excluding hydrogens is 198 g/mol. The molecule has 0 spiro atoms. The average Bonchev–Trinajstić information content (AvgIpc) is 2.41. The van der Waals surface area contributed by atoms with Crippen LogP contribution in [0.15, 0.2) is 0 Å². The van der Waals surface area contributed by atoms with E-state index in [1.807, 2.05) is 0 Å². The van der Waals surface area contributed by atoms with Gasteiger partial charge in [-0.05, 0) is 31.6 Å². The summed E-state index contributed by atoms with van der Waals surface area (Å²) in [5.74, 6) is 1.33. The average molecular weight is 218 g/mol. The van der Waals surface area contributed by atoms with Gasteiger partial charge in [0.1, 0.15) is 0 Å². The summed E-state index contributed by atoms with van der Waals surface area (Å²) in [5.41, 5.74) is 0. The molecule has 0 amide bonds. The maximum atomic E-state index is 9.65. The molecule has 2 nitrogen and oxygen atoms in total. The van der Waals surface area contributed by atoms with Gasteiger partial charge in [-0.25, -0.2) is 0 Å². The summed E-state index contributed by atoms with van der Waals surface area (Å²) in [4.78, 5) is 2.58. The van der Waals surface area contributed by atoms with Gasteiger partial charge in [-0.3, -0.25) is 4.90 Å². The van der Waals surface area contributed by atoms with E-state index in [1.54, 1.807) is 0 Å². The molecule has 0 radical (unpaired) electrons. The molecule has 0 saturated carbocycles. The van der Waals surface area contributed by atoms with Gasteiger partial charge < -0.3 is 5.11 Å². The number of rotatable bonds is 3. The molecule has 0 aromatic heterocycles. The molecule has 3 heteroatoms. The number of nitrogens with zero attached hydrogens (tertiary/aromatic N) is 1. The van der Waals surface area contributed by atoms with E-state index in [2.05, 4.69) is 11.8 Å². The summed E-state index contributed by atoms with van der Waals surface area (Å²) >= 11 is 5.84. The van der Waals surface area contributed by atoms with Crippen molar-refractivity contribution in [3.05, 3.63) is 0 Å². The zero-order valence-corrected chi connectivity index (χ0v) is 9.58. The van der Waals surface area contributed by atoms with Crippen LogP contribution in [-0.2, 0) is 0 Å². The van der Waals surface area contributed by atoms with Gasteiger partial charge in [0.15, 0.2) is 0 Å². The number of hydrogen-bond acceptors (Lipinski definition) is 2. The Morgan fingerprint density at radius 1 is 1.36 bits per heavy atom. The van der Waals surface area contributed by atoms with Crippen LogP contribution in [-0.4, -0.2) is 40.6 Å². The molecule has 2 aliphatic heterocycles. The van der Waals surface area contributed by atoms with Crippen LogP contribution in [0.4, 0.5) is 0 Å². The van der Waals surface area contributed by atoms with Crippen molar-refractivity contribution in [2.75, 3.05) is 12.4 Å². The third kappa shape index (κ3) is 2.07. The van der Waals surface area contributed by atoms with Crippen LogP contribution in [0.5, 0.6) is 0 Å². The van der Waals surface area contributed by atoms with E-state index in [9.17, 15) is 5.11 Å². The lowest BCUT2D eigenvalue weighted by molar-refractivity contribution is 0.0297. The summed E-state index contributed by atoms with van der Waals surface area (Å²) in [6, 6.07) is 1.27. The normalized spacial score (nSPS) is 40.1. The van der Waals surface area contributed by atoms with Gasteiger partial charge in [-0.2, -0.15) is 0 Å². The highest BCUT2D eigenvalue weighted by Gasteiger charge is 2.40. The zero-order chi connectivity index (χ0) is 10.1. The van der Waals surface area contributed by atoms with E-state index in [0.717, 1.165) is 25.3 Å². The Morgan fingerprint density at radius 2 is 1.93 bits per heavy atom. The fourth-order valence-corrected chi connectivity index (χ4v) is 3.05. The summed E-state index contributed by atoms with van der Waals surface area (Å²) in [5, 5.41) is 9.65. The van der Waals surface area contributed by atoms with Crippen molar-refractivity contribution in [1.82, 2.24) is 4.90 Å². The van der Waals surface area contributed by atoms with Crippen LogP contribution in [0.25, 0.3) is 0 Å². The standard InChI is InChI=1S/C11H20ClNO/c1-8(6-12)7-13-9-2-3-10(13)5-11(14)4-9/h8-11,14H,2-7H2,1H3. The summed E-state index contributed by atoms with van der Waals surface area (Å²) in [6.07, 6.45) is 4.46. The number of piperidine rings is 1. The molecule has 2 heterocycles. The van der Waals surface area contributed by atoms with Gasteiger partial charge in [0.2, 0.25) is 0 Å². The van der Waals surface area contributed by atoms with E-state index in [0.29, 0.717) is 18.0 Å². The molecule has 2 fully saturated rings. The van der Waals surface area contributed by atoms with Gasteiger partial charge in [-0.15, -0.1) is 11.6 Å². The minimum atomic E-state index is -0.0462. The first-order valence-electron chi connectivity index (χ1n) is 5.70. The molecule has 2 aliphatic rings. The first-order valence-corrected chi connectivity index (χ1v) is 6.24. The predicted octanol–water partition coefficient (Wildman–Crippen LogP) is 1.85. The Hall–Kier alpha value is 0.210. The van der Waals surface area contributed by atoms with E-state index in [1.165, 1.54) is 12.8 Å². The molecule has 0 aromatic rings. The fraction of sp³-hybridized carbons (Fsp3) is 1.00. The monoisotopic (exact) mass is 217 g/mol. The van der Waals surface area contributed by atoms with E-state index in [4.69, 9.17) is 11.6 Å². The molecule has 0 aromatic carbocycles. The summed E-state index contributed by atoms with van der Waals surface area (Å²) < 4.78 is 0. The molecule has 0 aliphatic carbocycles. The minimum absolute atomic E-state index is 0.0462. The lowest BCUT2D eigenvalue weighted by Gasteiger charge is -2.38. The first-order chi connectivity index (χ1) is 6.70. The van der Waals surface area contributed by atoms with Gasteiger partial charge in [0.25, 0.3) is 0 Å². The van der Waals surface area contributed by atoms with Crippen molar-refractivity contribution in [1.29, 1.82) is 0 Å². The van der Waals surface area contributed by atoms with Crippen molar-refractivity contribution in [2.45, 2.75) is 50.8 Å². The smallest absolute Gasteiger partial charge is 0.0570 e. The number of halogens is 1. The second-order valence-corrected chi connectivity index (χ2v) is 5.28. The van der Waals surface area contributed by atoms with Crippen LogP contribution in [0.3, 0.4) is 0 Å². The molecule has 2 bridgehead atoms. The van der Waals surface area contributed by atoms with Crippen LogP contribution < -0.4 is 0 Å². The number of aliphatic hydroxyl groups excluding tert-OH is 1. The van der Waals surface area contributed by atoms with Gasteiger partial charge in [0.05, 0.1) is 6.10 Å². The first kappa shape index (κ1) is 10.7. The van der Waals surface area contributed by atoms with E-state index in [-0.39, 0.29) is 6.10 Å². The molecule has 2 saturated heterocycles. The van der Waals surface area contributed by atoms with Crippen molar-refractivity contribution in [2.24, 2.45) is 5.92 Å². The fourth-order valence-electron chi connectivity index (χ4n) is 2.95. The quantitative estimate of drug-likeness (QED) is 0.730. The Labute approximate surface area is 91.2 Å². The Balaban J connectivity index is 1.94. The minimum Gasteiger partial charge on any atom is -0.393 e. The van der Waals surface area contributed by atoms with Crippen molar-refractivity contribution in [3.63, 3.8) is 0 Å². The lowest BCUT2D eigenvalue weighted by atomic mass is 9.98. The zero-order valence-electron chi connectivity index (χ0n) is 8.82. The highest BCUT2D eigenvalue weighted by Crippen LogP contribution is 2.36. The second-order valence-electron chi connectivity index (χ2n) is 4.97. The highest BCUT2D eigenvalue weighted by molar-refractivity contribution is 6.18. The van der Waals surface area contributed by atoms with Crippen LogP contribution in [0.1, 0.15) is 32.6 Å². The predicted molar refractivity (Wildman–Crippen MR) is 58.6 cm³/mol. The summed E-state index contributed by atoms with van der Waals surface area (Å²) in [6.45, 7) is 3.32. The van der Waals surface area contributed by atoms with Crippen LogP contribution >= 0.6 is 11.6 Å². The molecule has 14 heavy (non-hydrogen) atoms. The highest BCUT2D eigenvalue weighted by atomic mass is 35.5. The van der Waals surface area contributed by atoms with Crippen molar-refractivity contribution < 1.29 is 5.11 Å². The number of aliphatic hydroxyl groups is 1. The lowest BCUT2D eigenvalue weighted by Crippen LogP contribution is -2.46. The maximum absolute atomic E-state index is 9.65. The summed E-state index contributed by atoms with van der Waals surface area (Å²) in [7, 11) is 0. The second kappa shape index (κ2) is 4.38. The van der Waals surface area contributed by atoms with Gasteiger partial charge in [-0.1, -0.05) is 6.92 Å². The molecular formula is C11H20ClNO. The van der Waals surface area contributed by atoms with Crippen molar-refractivity contribution >= 4 is 11.6 Å². The number of alkyl halides is 1. The molecule has 3 unspecified atom stereocenters. The van der Waals surface area contributed by atoms with Gasteiger partial charge >= 0.3 is 0 Å². The number of hydrogen-bond donors (Lipinski definition) is 1. The van der Waals surface area contributed by atoms with E-state index >= 15 is 0 Å². The third-order valence-corrected chi connectivity index (χ3v) is 4.17. The van der Waals surface area contributed by atoms with Crippen molar-refractivity contribution in [3.8, 4) is 0 Å². The largest absolute Gasteiger partial charge is 0.393 e.